The number of benzene rings is 1. The van der Waals surface area contributed by atoms with Crippen LogP contribution in [0.15, 0.2) is 36.5 Å². The van der Waals surface area contributed by atoms with E-state index in [9.17, 15) is 13.2 Å². The molecular formula is C16H19F3N4. The molecular weight excluding hydrogens is 305 g/mol. The molecule has 0 aliphatic carbocycles. The van der Waals surface area contributed by atoms with Crippen LogP contribution in [0.25, 0.3) is 0 Å². The summed E-state index contributed by atoms with van der Waals surface area (Å²) >= 11 is 0. The molecule has 2 rings (SSSR count). The van der Waals surface area contributed by atoms with Crippen molar-refractivity contribution in [3.63, 3.8) is 0 Å². The maximum Gasteiger partial charge on any atom is 0.416 e. The van der Waals surface area contributed by atoms with Crippen LogP contribution in [0.3, 0.4) is 0 Å². The lowest BCUT2D eigenvalue weighted by molar-refractivity contribution is -0.137. The average molecular weight is 324 g/mol. The van der Waals surface area contributed by atoms with Gasteiger partial charge in [-0.15, -0.1) is 0 Å². The van der Waals surface area contributed by atoms with Gasteiger partial charge in [-0.2, -0.15) is 18.2 Å². The van der Waals surface area contributed by atoms with E-state index in [1.807, 2.05) is 0 Å². The molecule has 0 radical (unpaired) electrons. The fraction of sp³-hybridized carbons (Fsp3) is 0.375. The highest BCUT2D eigenvalue weighted by Crippen LogP contribution is 2.30. The maximum absolute atomic E-state index is 12.5. The number of nitrogens with one attached hydrogen (secondary N) is 2. The lowest BCUT2D eigenvalue weighted by Gasteiger charge is -2.10. The minimum atomic E-state index is -4.33. The molecule has 2 N–H and O–H groups in total. The Morgan fingerprint density at radius 2 is 1.78 bits per heavy atom. The second-order valence-corrected chi connectivity index (χ2v) is 5.10. The predicted molar refractivity (Wildman–Crippen MR) is 84.8 cm³/mol. The maximum atomic E-state index is 12.5. The van der Waals surface area contributed by atoms with E-state index in [2.05, 4.69) is 27.5 Å². The summed E-state index contributed by atoms with van der Waals surface area (Å²) in [5.41, 5.74) is -0.141. The molecule has 0 saturated carbocycles. The molecule has 1 aromatic heterocycles. The van der Waals surface area contributed by atoms with Gasteiger partial charge in [0.15, 0.2) is 0 Å². The first-order valence-electron chi connectivity index (χ1n) is 7.50. The zero-order chi connectivity index (χ0) is 16.7. The highest BCUT2D eigenvalue weighted by molar-refractivity contribution is 5.57. The summed E-state index contributed by atoms with van der Waals surface area (Å²) in [6.45, 7) is 2.92. The van der Waals surface area contributed by atoms with Gasteiger partial charge in [0.2, 0.25) is 5.95 Å². The number of halogens is 3. The van der Waals surface area contributed by atoms with Crippen LogP contribution in [-0.4, -0.2) is 16.5 Å². The number of aromatic nitrogens is 2. The molecule has 0 aliphatic rings. The van der Waals surface area contributed by atoms with Gasteiger partial charge >= 0.3 is 6.18 Å². The van der Waals surface area contributed by atoms with Crippen molar-refractivity contribution in [1.82, 2.24) is 9.97 Å². The van der Waals surface area contributed by atoms with E-state index in [0.717, 1.165) is 37.9 Å². The lowest BCUT2D eigenvalue weighted by Crippen LogP contribution is -2.07. The molecule has 1 heterocycles. The molecule has 4 nitrogen and oxygen atoms in total. The van der Waals surface area contributed by atoms with Crippen LogP contribution in [0.2, 0.25) is 0 Å². The van der Waals surface area contributed by atoms with Crippen molar-refractivity contribution in [2.45, 2.75) is 32.4 Å². The molecule has 1 aromatic carbocycles. The first kappa shape index (κ1) is 17.1. The van der Waals surface area contributed by atoms with Gasteiger partial charge in [-0.05, 0) is 36.8 Å². The van der Waals surface area contributed by atoms with Gasteiger partial charge in [0.25, 0.3) is 0 Å². The highest BCUT2D eigenvalue weighted by Gasteiger charge is 2.29. The van der Waals surface area contributed by atoms with Crippen molar-refractivity contribution in [3.05, 3.63) is 42.1 Å². The molecule has 0 saturated heterocycles. The van der Waals surface area contributed by atoms with Gasteiger partial charge in [0, 0.05) is 18.4 Å². The second-order valence-electron chi connectivity index (χ2n) is 5.10. The van der Waals surface area contributed by atoms with E-state index in [0.29, 0.717) is 17.5 Å². The number of nitrogens with zero attached hydrogens (tertiary/aromatic N) is 2. The summed E-state index contributed by atoms with van der Waals surface area (Å²) < 4.78 is 37.6. The third-order valence-corrected chi connectivity index (χ3v) is 3.20. The van der Waals surface area contributed by atoms with E-state index < -0.39 is 11.7 Å². The molecule has 0 unspecified atom stereocenters. The average Bonchev–Trinajstić information content (AvgIpc) is 2.52. The summed E-state index contributed by atoms with van der Waals surface area (Å²) in [6, 6.07) is 6.48. The Labute approximate surface area is 133 Å². The summed E-state index contributed by atoms with van der Waals surface area (Å²) in [7, 11) is 0. The SMILES string of the molecule is CCCCCNc1nccc(Nc2ccc(C(F)(F)F)cc2)n1. The quantitative estimate of drug-likeness (QED) is 0.716. The largest absolute Gasteiger partial charge is 0.416 e. The molecule has 2 aromatic rings. The molecule has 0 fully saturated rings. The van der Waals surface area contributed by atoms with Crippen molar-refractivity contribution < 1.29 is 13.2 Å². The van der Waals surface area contributed by atoms with Gasteiger partial charge in [-0.1, -0.05) is 19.8 Å². The number of hydrogen-bond acceptors (Lipinski definition) is 4. The number of alkyl halides is 3. The molecule has 0 aliphatic heterocycles. The topological polar surface area (TPSA) is 49.8 Å². The van der Waals surface area contributed by atoms with Gasteiger partial charge in [0.05, 0.1) is 5.56 Å². The van der Waals surface area contributed by atoms with E-state index in [4.69, 9.17) is 0 Å². The molecule has 0 atom stereocenters. The Morgan fingerprint density at radius 3 is 2.43 bits per heavy atom. The van der Waals surface area contributed by atoms with Crippen LogP contribution in [0.4, 0.5) is 30.6 Å². The van der Waals surface area contributed by atoms with Gasteiger partial charge < -0.3 is 10.6 Å². The normalized spacial score (nSPS) is 11.3. The first-order chi connectivity index (χ1) is 11.0. The molecule has 23 heavy (non-hydrogen) atoms. The van der Waals surface area contributed by atoms with Crippen LogP contribution >= 0.6 is 0 Å². The second kappa shape index (κ2) is 7.80. The van der Waals surface area contributed by atoms with Crippen molar-refractivity contribution in [1.29, 1.82) is 0 Å². The highest BCUT2D eigenvalue weighted by atomic mass is 19.4. The van der Waals surface area contributed by atoms with E-state index in [1.54, 1.807) is 12.3 Å². The third-order valence-electron chi connectivity index (χ3n) is 3.20. The lowest BCUT2D eigenvalue weighted by atomic mass is 10.2. The molecule has 0 bridgehead atoms. The summed E-state index contributed by atoms with van der Waals surface area (Å²) in [6.07, 6.45) is 0.579. The van der Waals surface area contributed by atoms with Crippen LogP contribution in [0, 0.1) is 0 Å². The molecule has 124 valence electrons. The fourth-order valence-corrected chi connectivity index (χ4v) is 1.98. The predicted octanol–water partition coefficient (Wildman–Crippen LogP) is 4.84. The third kappa shape index (κ3) is 5.43. The Bertz CT molecular complexity index is 611. The van der Waals surface area contributed by atoms with Crippen LogP contribution in [0.1, 0.15) is 31.7 Å². The van der Waals surface area contributed by atoms with Gasteiger partial charge in [-0.3, -0.25) is 0 Å². The molecule has 7 heteroatoms. The Balaban J connectivity index is 1.97. The summed E-state index contributed by atoms with van der Waals surface area (Å²) in [5.74, 6) is 1.02. The minimum Gasteiger partial charge on any atom is -0.354 e. The number of rotatable bonds is 7. The first-order valence-corrected chi connectivity index (χ1v) is 7.50. The van der Waals surface area contributed by atoms with E-state index in [1.165, 1.54) is 12.1 Å². The number of unbranched alkanes of at least 4 members (excludes halogenated alkanes) is 2. The van der Waals surface area contributed by atoms with Crippen LogP contribution < -0.4 is 10.6 Å². The molecule has 0 spiro atoms. The summed E-state index contributed by atoms with van der Waals surface area (Å²) in [4.78, 5) is 8.40. The molecule has 0 amide bonds. The van der Waals surface area contributed by atoms with Gasteiger partial charge in [0.1, 0.15) is 5.82 Å². The number of anilines is 3. The monoisotopic (exact) mass is 324 g/mol. The summed E-state index contributed by atoms with van der Waals surface area (Å²) in [5, 5.41) is 6.09. The smallest absolute Gasteiger partial charge is 0.354 e. The fourth-order valence-electron chi connectivity index (χ4n) is 1.98. The Hall–Kier alpha value is -2.31. The Morgan fingerprint density at radius 1 is 1.04 bits per heavy atom. The van der Waals surface area contributed by atoms with Crippen LogP contribution in [0.5, 0.6) is 0 Å². The Kier molecular flexibility index (Phi) is 5.78. The minimum absolute atomic E-state index is 0.498. The zero-order valence-electron chi connectivity index (χ0n) is 12.8. The standard InChI is InChI=1S/C16H19F3N4/c1-2-3-4-10-20-15-21-11-9-14(23-15)22-13-7-5-12(6-8-13)16(17,18)19/h5-9,11H,2-4,10H2,1H3,(H2,20,21,22,23). The zero-order valence-corrected chi connectivity index (χ0v) is 12.8. The van der Waals surface area contributed by atoms with E-state index >= 15 is 0 Å². The van der Waals surface area contributed by atoms with Crippen molar-refractivity contribution in [3.8, 4) is 0 Å². The van der Waals surface area contributed by atoms with Crippen LogP contribution in [-0.2, 0) is 6.18 Å². The van der Waals surface area contributed by atoms with E-state index in [-0.39, 0.29) is 0 Å². The van der Waals surface area contributed by atoms with Crippen molar-refractivity contribution in [2.24, 2.45) is 0 Å². The number of hydrogen-bond donors (Lipinski definition) is 2. The van der Waals surface area contributed by atoms with Crippen molar-refractivity contribution >= 4 is 17.5 Å². The van der Waals surface area contributed by atoms with Crippen molar-refractivity contribution in [2.75, 3.05) is 17.2 Å². The van der Waals surface area contributed by atoms with Gasteiger partial charge in [-0.25, -0.2) is 4.98 Å².